The summed E-state index contributed by atoms with van der Waals surface area (Å²) in [5.74, 6) is 0.774. The third-order valence-electron chi connectivity index (χ3n) is 4.86. The van der Waals surface area contributed by atoms with Crippen LogP contribution in [0.2, 0.25) is 0 Å². The molecule has 2 unspecified atom stereocenters. The Kier molecular flexibility index (Phi) is 8.01. The van der Waals surface area contributed by atoms with E-state index in [0.717, 1.165) is 38.7 Å². The molecule has 2 fully saturated rings. The fraction of sp³-hybridized carbons (Fsp3) is 1.00. The molecule has 0 spiro atoms. The number of ether oxygens (including phenoxy) is 1. The van der Waals surface area contributed by atoms with Crippen molar-refractivity contribution >= 4 is 0 Å². The number of morpholine rings is 1. The molecule has 124 valence electrons. The van der Waals surface area contributed by atoms with Crippen LogP contribution in [0.3, 0.4) is 0 Å². The molecular formula is C17H35N3O. The van der Waals surface area contributed by atoms with E-state index in [-0.39, 0.29) is 0 Å². The number of rotatable bonds is 8. The summed E-state index contributed by atoms with van der Waals surface area (Å²) in [6.45, 7) is 15.2. The van der Waals surface area contributed by atoms with Crippen molar-refractivity contribution in [3.05, 3.63) is 0 Å². The van der Waals surface area contributed by atoms with Crippen LogP contribution in [0.4, 0.5) is 0 Å². The van der Waals surface area contributed by atoms with Gasteiger partial charge in [-0.3, -0.25) is 4.90 Å². The molecule has 0 aliphatic carbocycles. The van der Waals surface area contributed by atoms with Crippen molar-refractivity contribution in [3.63, 3.8) is 0 Å². The summed E-state index contributed by atoms with van der Waals surface area (Å²) in [4.78, 5) is 5.20. The number of hydrogen-bond acceptors (Lipinski definition) is 4. The number of hydrogen-bond donors (Lipinski definition) is 1. The summed E-state index contributed by atoms with van der Waals surface area (Å²) in [6.07, 6.45) is 5.63. The molecule has 4 heteroatoms. The first-order valence-corrected chi connectivity index (χ1v) is 9.05. The lowest BCUT2D eigenvalue weighted by atomic mass is 9.98. The zero-order valence-electron chi connectivity index (χ0n) is 14.1. The highest BCUT2D eigenvalue weighted by Crippen LogP contribution is 2.17. The Morgan fingerprint density at radius 3 is 2.71 bits per heavy atom. The van der Waals surface area contributed by atoms with Gasteiger partial charge in [0.25, 0.3) is 0 Å². The van der Waals surface area contributed by atoms with E-state index in [1.807, 2.05) is 0 Å². The van der Waals surface area contributed by atoms with Gasteiger partial charge >= 0.3 is 0 Å². The van der Waals surface area contributed by atoms with Crippen molar-refractivity contribution < 1.29 is 4.74 Å². The predicted molar refractivity (Wildman–Crippen MR) is 88.8 cm³/mol. The Morgan fingerprint density at radius 2 is 1.95 bits per heavy atom. The minimum Gasteiger partial charge on any atom is -0.376 e. The van der Waals surface area contributed by atoms with Gasteiger partial charge < -0.3 is 15.0 Å². The SMILES string of the molecule is CCCCN1CCOC(CC(C)CCN2CCNCC2)C1. The van der Waals surface area contributed by atoms with Crippen LogP contribution >= 0.6 is 0 Å². The lowest BCUT2D eigenvalue weighted by Crippen LogP contribution is -2.45. The van der Waals surface area contributed by atoms with Crippen LogP contribution in [0.25, 0.3) is 0 Å². The molecule has 2 saturated heterocycles. The molecule has 4 nitrogen and oxygen atoms in total. The highest BCUT2D eigenvalue weighted by atomic mass is 16.5. The van der Waals surface area contributed by atoms with Crippen LogP contribution in [0.1, 0.15) is 39.5 Å². The van der Waals surface area contributed by atoms with Crippen LogP contribution in [0.15, 0.2) is 0 Å². The fourth-order valence-electron chi connectivity index (χ4n) is 3.41. The minimum atomic E-state index is 0.466. The molecule has 2 rings (SSSR count). The summed E-state index contributed by atoms with van der Waals surface area (Å²) in [5, 5.41) is 3.42. The van der Waals surface area contributed by atoms with E-state index in [2.05, 4.69) is 29.0 Å². The Balaban J connectivity index is 1.60. The van der Waals surface area contributed by atoms with Gasteiger partial charge in [0.2, 0.25) is 0 Å². The second kappa shape index (κ2) is 9.78. The van der Waals surface area contributed by atoms with Gasteiger partial charge in [-0.05, 0) is 38.3 Å². The zero-order chi connectivity index (χ0) is 14.9. The molecule has 2 atom stereocenters. The zero-order valence-corrected chi connectivity index (χ0v) is 14.1. The highest BCUT2D eigenvalue weighted by Gasteiger charge is 2.22. The van der Waals surface area contributed by atoms with Crippen molar-refractivity contribution in [3.8, 4) is 0 Å². The molecule has 0 amide bonds. The van der Waals surface area contributed by atoms with E-state index in [0.29, 0.717) is 6.10 Å². The molecule has 0 aromatic heterocycles. The Bertz CT molecular complexity index is 269. The van der Waals surface area contributed by atoms with E-state index in [9.17, 15) is 0 Å². The van der Waals surface area contributed by atoms with Crippen molar-refractivity contribution in [2.24, 2.45) is 5.92 Å². The summed E-state index contributed by atoms with van der Waals surface area (Å²) >= 11 is 0. The van der Waals surface area contributed by atoms with Crippen molar-refractivity contribution in [1.82, 2.24) is 15.1 Å². The van der Waals surface area contributed by atoms with Gasteiger partial charge in [-0.1, -0.05) is 20.3 Å². The van der Waals surface area contributed by atoms with Crippen LogP contribution in [0.5, 0.6) is 0 Å². The lowest BCUT2D eigenvalue weighted by Gasteiger charge is -2.34. The average Bonchev–Trinajstić information content (AvgIpc) is 2.52. The summed E-state index contributed by atoms with van der Waals surface area (Å²) in [7, 11) is 0. The maximum absolute atomic E-state index is 5.99. The number of nitrogens with one attached hydrogen (secondary N) is 1. The number of piperazine rings is 1. The molecule has 1 N–H and O–H groups in total. The third kappa shape index (κ3) is 6.64. The first-order valence-electron chi connectivity index (χ1n) is 9.05. The fourth-order valence-corrected chi connectivity index (χ4v) is 3.41. The summed E-state index contributed by atoms with van der Waals surface area (Å²) in [5.41, 5.74) is 0. The van der Waals surface area contributed by atoms with Gasteiger partial charge in [0, 0.05) is 39.3 Å². The van der Waals surface area contributed by atoms with Crippen LogP contribution in [-0.2, 0) is 4.74 Å². The molecule has 0 saturated carbocycles. The van der Waals surface area contributed by atoms with Crippen molar-refractivity contribution in [2.45, 2.75) is 45.6 Å². The monoisotopic (exact) mass is 297 g/mol. The maximum Gasteiger partial charge on any atom is 0.0705 e. The average molecular weight is 297 g/mol. The molecule has 0 aromatic carbocycles. The molecule has 0 radical (unpaired) electrons. The van der Waals surface area contributed by atoms with Crippen molar-refractivity contribution in [1.29, 1.82) is 0 Å². The van der Waals surface area contributed by atoms with Crippen LogP contribution in [0, 0.1) is 5.92 Å². The second-order valence-electron chi connectivity index (χ2n) is 6.87. The first kappa shape index (κ1) is 17.2. The molecule has 0 bridgehead atoms. The van der Waals surface area contributed by atoms with Gasteiger partial charge in [-0.2, -0.15) is 0 Å². The number of unbranched alkanes of at least 4 members (excludes halogenated alkanes) is 1. The highest BCUT2D eigenvalue weighted by molar-refractivity contribution is 4.75. The molecule has 2 aliphatic heterocycles. The summed E-state index contributed by atoms with van der Waals surface area (Å²) in [6, 6.07) is 0. The lowest BCUT2D eigenvalue weighted by molar-refractivity contribution is -0.0392. The van der Waals surface area contributed by atoms with Gasteiger partial charge in [-0.25, -0.2) is 0 Å². The summed E-state index contributed by atoms with van der Waals surface area (Å²) < 4.78 is 5.99. The quantitative estimate of drug-likeness (QED) is 0.739. The Hall–Kier alpha value is -0.160. The first-order chi connectivity index (χ1) is 10.3. The third-order valence-corrected chi connectivity index (χ3v) is 4.86. The Labute approximate surface area is 131 Å². The topological polar surface area (TPSA) is 27.7 Å². The second-order valence-corrected chi connectivity index (χ2v) is 6.87. The minimum absolute atomic E-state index is 0.466. The van der Waals surface area contributed by atoms with E-state index in [1.165, 1.54) is 51.9 Å². The smallest absolute Gasteiger partial charge is 0.0705 e. The van der Waals surface area contributed by atoms with Gasteiger partial charge in [0.1, 0.15) is 0 Å². The van der Waals surface area contributed by atoms with Crippen LogP contribution < -0.4 is 5.32 Å². The molecule has 0 aromatic rings. The van der Waals surface area contributed by atoms with Crippen LogP contribution in [-0.4, -0.2) is 74.9 Å². The van der Waals surface area contributed by atoms with E-state index in [1.54, 1.807) is 0 Å². The standard InChI is InChI=1S/C17H35N3O/c1-3-4-8-20-12-13-21-17(15-20)14-16(2)5-9-19-10-6-18-7-11-19/h16-18H,3-15H2,1-2H3. The van der Waals surface area contributed by atoms with E-state index < -0.39 is 0 Å². The normalized spacial score (nSPS) is 26.9. The maximum atomic E-state index is 5.99. The van der Waals surface area contributed by atoms with E-state index >= 15 is 0 Å². The van der Waals surface area contributed by atoms with Crippen molar-refractivity contribution in [2.75, 3.05) is 59.0 Å². The van der Waals surface area contributed by atoms with Gasteiger partial charge in [-0.15, -0.1) is 0 Å². The Morgan fingerprint density at radius 1 is 1.14 bits per heavy atom. The van der Waals surface area contributed by atoms with E-state index in [4.69, 9.17) is 4.74 Å². The predicted octanol–water partition coefficient (Wildman–Crippen LogP) is 1.81. The van der Waals surface area contributed by atoms with Gasteiger partial charge in [0.05, 0.1) is 12.7 Å². The molecular weight excluding hydrogens is 262 g/mol. The molecule has 21 heavy (non-hydrogen) atoms. The number of nitrogens with zero attached hydrogens (tertiary/aromatic N) is 2. The molecule has 2 heterocycles. The van der Waals surface area contributed by atoms with Gasteiger partial charge in [0.15, 0.2) is 0 Å². The largest absolute Gasteiger partial charge is 0.376 e. The molecule has 2 aliphatic rings.